The molecule has 116 valence electrons. The van der Waals surface area contributed by atoms with Crippen molar-refractivity contribution < 1.29 is 13.9 Å². The summed E-state index contributed by atoms with van der Waals surface area (Å²) in [4.78, 5) is 2.17. The Morgan fingerprint density at radius 3 is 2.52 bits per heavy atom. The van der Waals surface area contributed by atoms with Crippen LogP contribution in [0.5, 0.6) is 5.75 Å². The molecule has 2 N–H and O–H groups in total. The van der Waals surface area contributed by atoms with Crippen molar-refractivity contribution in [2.75, 3.05) is 26.2 Å². The number of phenols is 1. The predicted octanol–water partition coefficient (Wildman–Crippen LogP) is 3.18. The highest BCUT2D eigenvalue weighted by atomic mass is 79.9. The highest BCUT2D eigenvalue weighted by molar-refractivity contribution is 9.10. The van der Waals surface area contributed by atoms with Crippen LogP contribution in [-0.2, 0) is 0 Å². The molecular weight excluding hydrogens is 342 g/mol. The Hall–Kier alpha value is -0.720. The number of benzene rings is 1. The van der Waals surface area contributed by atoms with Crippen LogP contribution in [0.1, 0.15) is 30.9 Å². The monoisotopic (exact) mass is 360 g/mol. The van der Waals surface area contributed by atoms with E-state index in [1.165, 1.54) is 0 Å². The molecule has 0 aromatic heterocycles. The van der Waals surface area contributed by atoms with Crippen molar-refractivity contribution in [3.8, 4) is 5.75 Å². The van der Waals surface area contributed by atoms with E-state index in [2.05, 4.69) is 26.1 Å². The molecule has 1 heterocycles. The summed E-state index contributed by atoms with van der Waals surface area (Å²) in [6, 6.07) is 0.747. The van der Waals surface area contributed by atoms with E-state index in [0.29, 0.717) is 0 Å². The van der Waals surface area contributed by atoms with Gasteiger partial charge in [-0.1, -0.05) is 6.42 Å². The first-order chi connectivity index (χ1) is 10.1. The van der Waals surface area contributed by atoms with E-state index in [9.17, 15) is 13.9 Å². The summed E-state index contributed by atoms with van der Waals surface area (Å²) in [6.45, 7) is 3.24. The Labute approximate surface area is 131 Å². The zero-order valence-corrected chi connectivity index (χ0v) is 13.3. The van der Waals surface area contributed by atoms with Gasteiger partial charge < -0.3 is 10.4 Å². The minimum absolute atomic E-state index is 0.119. The number of rotatable bonds is 3. The highest BCUT2D eigenvalue weighted by Crippen LogP contribution is 2.47. The van der Waals surface area contributed by atoms with Crippen LogP contribution in [0, 0.1) is 17.6 Å². The van der Waals surface area contributed by atoms with Crippen LogP contribution in [0.25, 0.3) is 0 Å². The number of nitrogens with one attached hydrogen (secondary N) is 1. The third-order valence-electron chi connectivity index (χ3n) is 4.62. The van der Waals surface area contributed by atoms with E-state index >= 15 is 0 Å². The molecule has 1 saturated carbocycles. The van der Waals surface area contributed by atoms with Gasteiger partial charge in [-0.15, -0.1) is 0 Å². The summed E-state index contributed by atoms with van der Waals surface area (Å²) in [5.74, 6) is -1.69. The van der Waals surface area contributed by atoms with E-state index in [4.69, 9.17) is 0 Å². The molecule has 2 aliphatic rings. The van der Waals surface area contributed by atoms with E-state index < -0.39 is 11.6 Å². The minimum atomic E-state index is -0.911. The van der Waals surface area contributed by atoms with Gasteiger partial charge >= 0.3 is 0 Å². The largest absolute Gasteiger partial charge is 0.506 e. The molecule has 1 aromatic rings. The SMILES string of the molecule is Oc1c(Br)cc(F)c(F)c1[C@@H](C1CCC1)N1CCNCC1. The maximum absolute atomic E-state index is 14.4. The van der Waals surface area contributed by atoms with Crippen molar-refractivity contribution in [1.82, 2.24) is 10.2 Å². The zero-order valence-electron chi connectivity index (χ0n) is 11.7. The second kappa shape index (κ2) is 6.18. The Morgan fingerprint density at radius 2 is 1.95 bits per heavy atom. The van der Waals surface area contributed by atoms with Crippen LogP contribution < -0.4 is 5.32 Å². The second-order valence-corrected chi connectivity index (χ2v) is 6.69. The van der Waals surface area contributed by atoms with Crippen LogP contribution in [0.15, 0.2) is 10.5 Å². The third-order valence-corrected chi connectivity index (χ3v) is 5.22. The van der Waals surface area contributed by atoms with Gasteiger partial charge in [-0.3, -0.25) is 4.90 Å². The summed E-state index contributed by atoms with van der Waals surface area (Å²) in [5.41, 5.74) is 0.119. The summed E-state index contributed by atoms with van der Waals surface area (Å²) < 4.78 is 28.4. The minimum Gasteiger partial charge on any atom is -0.506 e. The van der Waals surface area contributed by atoms with E-state index in [1.54, 1.807) is 0 Å². The molecule has 3 rings (SSSR count). The lowest BCUT2D eigenvalue weighted by Crippen LogP contribution is -2.48. The van der Waals surface area contributed by atoms with Crippen LogP contribution in [0.3, 0.4) is 0 Å². The topological polar surface area (TPSA) is 35.5 Å². The lowest BCUT2D eigenvalue weighted by Gasteiger charge is -2.43. The molecule has 3 nitrogen and oxygen atoms in total. The molecule has 0 unspecified atom stereocenters. The summed E-state index contributed by atoms with van der Waals surface area (Å²) in [7, 11) is 0. The van der Waals surface area contributed by atoms with Gasteiger partial charge in [0.15, 0.2) is 11.6 Å². The fraction of sp³-hybridized carbons (Fsp3) is 0.600. The van der Waals surface area contributed by atoms with E-state index in [0.717, 1.165) is 51.5 Å². The van der Waals surface area contributed by atoms with Crippen molar-refractivity contribution >= 4 is 15.9 Å². The van der Waals surface area contributed by atoms with Gasteiger partial charge in [0, 0.05) is 32.2 Å². The maximum atomic E-state index is 14.4. The molecule has 1 aliphatic carbocycles. The predicted molar refractivity (Wildman–Crippen MR) is 80.2 cm³/mol. The number of phenolic OH excluding ortho intramolecular Hbond substituents is 1. The zero-order chi connectivity index (χ0) is 15.0. The molecule has 0 radical (unpaired) electrons. The average Bonchev–Trinajstić information content (AvgIpc) is 2.43. The first kappa shape index (κ1) is 15.2. The molecule has 1 saturated heterocycles. The standard InChI is InChI=1S/C15H19BrF2N2O/c16-10-8-11(17)13(18)12(15(10)21)14(9-2-1-3-9)20-6-4-19-5-7-20/h8-9,14,19,21H,1-7H2/t14-/m1/s1. The quantitative estimate of drug-likeness (QED) is 0.812. The fourth-order valence-corrected chi connectivity index (χ4v) is 3.72. The molecule has 1 atom stereocenters. The van der Waals surface area contributed by atoms with Crippen molar-refractivity contribution in [1.29, 1.82) is 0 Å². The molecule has 0 amide bonds. The van der Waals surface area contributed by atoms with Gasteiger partial charge in [0.1, 0.15) is 5.75 Å². The van der Waals surface area contributed by atoms with Crippen molar-refractivity contribution in [3.05, 3.63) is 27.7 Å². The van der Waals surface area contributed by atoms with Crippen LogP contribution in [0.4, 0.5) is 8.78 Å². The molecular formula is C15H19BrF2N2O. The van der Waals surface area contributed by atoms with Gasteiger partial charge in [0.2, 0.25) is 0 Å². The van der Waals surface area contributed by atoms with Gasteiger partial charge in [0.05, 0.1) is 10.0 Å². The van der Waals surface area contributed by atoms with Crippen molar-refractivity contribution in [2.24, 2.45) is 5.92 Å². The number of halogens is 3. The maximum Gasteiger partial charge on any atom is 0.167 e. The number of aromatic hydroxyl groups is 1. The molecule has 1 aromatic carbocycles. The normalized spacial score (nSPS) is 22.0. The van der Waals surface area contributed by atoms with Crippen LogP contribution in [0.2, 0.25) is 0 Å². The fourth-order valence-electron chi connectivity index (χ4n) is 3.31. The summed E-state index contributed by atoms with van der Waals surface area (Å²) >= 11 is 3.12. The summed E-state index contributed by atoms with van der Waals surface area (Å²) in [6.07, 6.45) is 3.12. The Morgan fingerprint density at radius 1 is 1.29 bits per heavy atom. The van der Waals surface area contributed by atoms with Crippen LogP contribution >= 0.6 is 15.9 Å². The third kappa shape index (κ3) is 2.81. The molecule has 1 aliphatic heterocycles. The summed E-state index contributed by atoms with van der Waals surface area (Å²) in [5, 5.41) is 13.5. The number of hydrogen-bond acceptors (Lipinski definition) is 3. The average molecular weight is 361 g/mol. The molecule has 0 spiro atoms. The molecule has 2 fully saturated rings. The highest BCUT2D eigenvalue weighted by Gasteiger charge is 2.38. The second-order valence-electron chi connectivity index (χ2n) is 5.84. The van der Waals surface area contributed by atoms with Crippen LogP contribution in [-0.4, -0.2) is 36.2 Å². The van der Waals surface area contributed by atoms with E-state index in [-0.39, 0.29) is 27.7 Å². The van der Waals surface area contributed by atoms with Gasteiger partial charge in [0.25, 0.3) is 0 Å². The lowest BCUT2D eigenvalue weighted by molar-refractivity contribution is 0.0786. The molecule has 6 heteroatoms. The Bertz CT molecular complexity index is 505. The number of piperazine rings is 1. The lowest BCUT2D eigenvalue weighted by atomic mass is 9.76. The van der Waals surface area contributed by atoms with Gasteiger partial charge in [-0.2, -0.15) is 0 Å². The Balaban J connectivity index is 2.03. The number of hydrogen-bond donors (Lipinski definition) is 2. The molecule has 21 heavy (non-hydrogen) atoms. The molecule has 0 bridgehead atoms. The van der Waals surface area contributed by atoms with Gasteiger partial charge in [-0.25, -0.2) is 8.78 Å². The Kier molecular flexibility index (Phi) is 4.47. The van der Waals surface area contributed by atoms with Gasteiger partial charge in [-0.05, 0) is 40.8 Å². The smallest absolute Gasteiger partial charge is 0.167 e. The van der Waals surface area contributed by atoms with E-state index in [1.807, 2.05) is 0 Å². The first-order valence-electron chi connectivity index (χ1n) is 7.40. The number of nitrogens with zero attached hydrogens (tertiary/aromatic N) is 1. The van der Waals surface area contributed by atoms with Crippen molar-refractivity contribution in [2.45, 2.75) is 25.3 Å². The first-order valence-corrected chi connectivity index (χ1v) is 8.20. The van der Waals surface area contributed by atoms with Crippen molar-refractivity contribution in [3.63, 3.8) is 0 Å².